The number of halogens is 2. The highest BCUT2D eigenvalue weighted by Crippen LogP contribution is 2.22. The van der Waals surface area contributed by atoms with Gasteiger partial charge in [0.1, 0.15) is 0 Å². The third-order valence-corrected chi connectivity index (χ3v) is 5.19. The van der Waals surface area contributed by atoms with E-state index in [1.807, 2.05) is 12.1 Å². The van der Waals surface area contributed by atoms with Crippen molar-refractivity contribution in [1.29, 1.82) is 0 Å². The van der Waals surface area contributed by atoms with Gasteiger partial charge in [-0.3, -0.25) is 9.89 Å². The lowest BCUT2D eigenvalue weighted by Gasteiger charge is -2.34. The highest BCUT2D eigenvalue weighted by molar-refractivity contribution is 14.0. The molecule has 0 bridgehead atoms. The Morgan fingerprint density at radius 2 is 2.15 bits per heavy atom. The maximum Gasteiger partial charge on any atom is 0.194 e. The second-order valence-corrected chi connectivity index (χ2v) is 7.36. The van der Waals surface area contributed by atoms with Gasteiger partial charge in [0.15, 0.2) is 5.96 Å². The van der Waals surface area contributed by atoms with E-state index in [0.717, 1.165) is 37.2 Å². The summed E-state index contributed by atoms with van der Waals surface area (Å²) in [6.45, 7) is 7.52. The Morgan fingerprint density at radius 3 is 2.88 bits per heavy atom. The first kappa shape index (κ1) is 21.7. The van der Waals surface area contributed by atoms with E-state index in [-0.39, 0.29) is 30.1 Å². The van der Waals surface area contributed by atoms with Gasteiger partial charge in [-0.15, -0.1) is 24.0 Å². The topological polar surface area (TPSA) is 40.1 Å². The zero-order valence-corrected chi connectivity index (χ0v) is 18.7. The number of morpholine rings is 1. The minimum atomic E-state index is 0. The van der Waals surface area contributed by atoms with E-state index < -0.39 is 0 Å². The molecule has 3 rings (SSSR count). The standard InChI is InChI=1S/C19H29ClN4O.HI/c1-3-21-19(23(2)12-15-6-8-16(20)9-7-15)22-11-18-13-24-10-4-5-17(24)14-25-18;/h6-9,17-18H,3-5,10-14H2,1-2H3,(H,21,22);1H. The molecule has 1 aromatic rings. The fourth-order valence-electron chi connectivity index (χ4n) is 3.59. The van der Waals surface area contributed by atoms with Crippen LogP contribution in [0.5, 0.6) is 0 Å². The van der Waals surface area contributed by atoms with Gasteiger partial charge in [-0.2, -0.15) is 0 Å². The monoisotopic (exact) mass is 492 g/mol. The lowest BCUT2D eigenvalue weighted by molar-refractivity contribution is -0.0432. The molecule has 0 spiro atoms. The van der Waals surface area contributed by atoms with Crippen molar-refractivity contribution in [2.75, 3.05) is 39.8 Å². The van der Waals surface area contributed by atoms with Gasteiger partial charge in [-0.1, -0.05) is 23.7 Å². The number of fused-ring (bicyclic) bond motifs is 1. The van der Waals surface area contributed by atoms with Crippen LogP contribution in [0.15, 0.2) is 29.3 Å². The van der Waals surface area contributed by atoms with Crippen LogP contribution in [-0.2, 0) is 11.3 Å². The van der Waals surface area contributed by atoms with Crippen molar-refractivity contribution in [1.82, 2.24) is 15.1 Å². The molecule has 0 radical (unpaired) electrons. The lowest BCUT2D eigenvalue weighted by Crippen LogP contribution is -2.47. The van der Waals surface area contributed by atoms with Crippen LogP contribution in [0, 0.1) is 0 Å². The lowest BCUT2D eigenvalue weighted by atomic mass is 10.2. The predicted molar refractivity (Wildman–Crippen MR) is 119 cm³/mol. The van der Waals surface area contributed by atoms with Crippen LogP contribution in [-0.4, -0.2) is 67.7 Å². The van der Waals surface area contributed by atoms with E-state index in [4.69, 9.17) is 21.3 Å². The van der Waals surface area contributed by atoms with Gasteiger partial charge in [0.2, 0.25) is 0 Å². The zero-order chi connectivity index (χ0) is 17.6. The van der Waals surface area contributed by atoms with Gasteiger partial charge < -0.3 is 15.0 Å². The SMILES string of the molecule is CCNC(=NCC1CN2CCCC2CO1)N(C)Cc1ccc(Cl)cc1.I. The van der Waals surface area contributed by atoms with Gasteiger partial charge in [-0.05, 0) is 44.0 Å². The first-order chi connectivity index (χ1) is 12.2. The summed E-state index contributed by atoms with van der Waals surface area (Å²) in [7, 11) is 2.06. The Labute approximate surface area is 179 Å². The number of benzene rings is 1. The molecule has 1 aromatic carbocycles. The molecular weight excluding hydrogens is 463 g/mol. The number of hydrogen-bond acceptors (Lipinski definition) is 3. The summed E-state index contributed by atoms with van der Waals surface area (Å²) in [5, 5.41) is 4.15. The van der Waals surface area contributed by atoms with Gasteiger partial charge in [0, 0.05) is 37.7 Å². The third kappa shape index (κ3) is 5.97. The van der Waals surface area contributed by atoms with Crippen molar-refractivity contribution in [3.8, 4) is 0 Å². The minimum absolute atomic E-state index is 0. The molecule has 2 aliphatic heterocycles. The zero-order valence-electron chi connectivity index (χ0n) is 15.7. The Kier molecular flexibility index (Phi) is 8.93. The largest absolute Gasteiger partial charge is 0.373 e. The molecule has 2 atom stereocenters. The molecule has 146 valence electrons. The van der Waals surface area contributed by atoms with Gasteiger partial charge in [0.05, 0.1) is 19.3 Å². The van der Waals surface area contributed by atoms with E-state index in [2.05, 4.69) is 41.2 Å². The van der Waals surface area contributed by atoms with E-state index in [9.17, 15) is 0 Å². The van der Waals surface area contributed by atoms with Crippen LogP contribution in [0.3, 0.4) is 0 Å². The van der Waals surface area contributed by atoms with Crippen molar-refractivity contribution >= 4 is 41.5 Å². The molecule has 26 heavy (non-hydrogen) atoms. The molecule has 2 saturated heterocycles. The normalized spacial score (nSPS) is 23.3. The fraction of sp³-hybridized carbons (Fsp3) is 0.632. The van der Waals surface area contributed by atoms with Crippen molar-refractivity contribution in [3.05, 3.63) is 34.9 Å². The summed E-state index contributed by atoms with van der Waals surface area (Å²) in [6, 6.07) is 8.61. The van der Waals surface area contributed by atoms with E-state index in [0.29, 0.717) is 12.6 Å². The summed E-state index contributed by atoms with van der Waals surface area (Å²) in [5.41, 5.74) is 1.21. The number of hydrogen-bond donors (Lipinski definition) is 1. The molecule has 7 heteroatoms. The van der Waals surface area contributed by atoms with Crippen molar-refractivity contribution in [3.63, 3.8) is 0 Å². The quantitative estimate of drug-likeness (QED) is 0.389. The number of nitrogens with zero attached hydrogens (tertiary/aromatic N) is 3. The maximum absolute atomic E-state index is 6.02. The summed E-state index contributed by atoms with van der Waals surface area (Å²) < 4.78 is 6.02. The van der Waals surface area contributed by atoms with Crippen molar-refractivity contribution in [2.24, 2.45) is 4.99 Å². The summed E-state index contributed by atoms with van der Waals surface area (Å²) in [6.07, 6.45) is 2.78. The molecule has 2 unspecified atom stereocenters. The molecule has 0 aliphatic carbocycles. The second kappa shape index (κ2) is 10.7. The molecule has 2 aliphatic rings. The van der Waals surface area contributed by atoms with Crippen LogP contribution in [0.2, 0.25) is 5.02 Å². The van der Waals surface area contributed by atoms with Crippen LogP contribution in [0.25, 0.3) is 0 Å². The Morgan fingerprint density at radius 1 is 1.38 bits per heavy atom. The first-order valence-electron chi connectivity index (χ1n) is 9.25. The highest BCUT2D eigenvalue weighted by Gasteiger charge is 2.32. The highest BCUT2D eigenvalue weighted by atomic mass is 127. The Balaban J connectivity index is 0.00000243. The fourth-order valence-corrected chi connectivity index (χ4v) is 3.72. The van der Waals surface area contributed by atoms with Crippen LogP contribution in [0.4, 0.5) is 0 Å². The van der Waals surface area contributed by atoms with Gasteiger partial charge >= 0.3 is 0 Å². The molecule has 0 aromatic heterocycles. The van der Waals surface area contributed by atoms with Gasteiger partial charge in [0.25, 0.3) is 0 Å². The van der Waals surface area contributed by atoms with E-state index in [1.54, 1.807) is 0 Å². The van der Waals surface area contributed by atoms with Gasteiger partial charge in [-0.25, -0.2) is 0 Å². The number of ether oxygens (including phenoxy) is 1. The van der Waals surface area contributed by atoms with E-state index in [1.165, 1.54) is 24.9 Å². The van der Waals surface area contributed by atoms with Crippen LogP contribution >= 0.6 is 35.6 Å². The second-order valence-electron chi connectivity index (χ2n) is 6.92. The summed E-state index contributed by atoms with van der Waals surface area (Å²) in [5.74, 6) is 0.921. The average molecular weight is 493 g/mol. The molecule has 0 saturated carbocycles. The van der Waals surface area contributed by atoms with Crippen LogP contribution < -0.4 is 5.32 Å². The van der Waals surface area contributed by atoms with Crippen molar-refractivity contribution < 1.29 is 4.74 Å². The third-order valence-electron chi connectivity index (χ3n) is 4.94. The molecule has 0 amide bonds. The maximum atomic E-state index is 6.02. The number of aliphatic imine (C=N–C) groups is 1. The first-order valence-corrected chi connectivity index (χ1v) is 9.63. The molecular formula is C19H30ClIN4O. The number of guanidine groups is 1. The van der Waals surface area contributed by atoms with Crippen molar-refractivity contribution in [2.45, 2.75) is 38.5 Å². The van der Waals surface area contributed by atoms with E-state index >= 15 is 0 Å². The minimum Gasteiger partial charge on any atom is -0.373 e. The number of nitrogens with one attached hydrogen (secondary N) is 1. The molecule has 5 nitrogen and oxygen atoms in total. The smallest absolute Gasteiger partial charge is 0.194 e. The molecule has 2 heterocycles. The van der Waals surface area contributed by atoms with Crippen LogP contribution in [0.1, 0.15) is 25.3 Å². The summed E-state index contributed by atoms with van der Waals surface area (Å²) >= 11 is 5.97. The Hall–Kier alpha value is -0.570. The molecule has 2 fully saturated rings. The number of rotatable bonds is 5. The molecule has 1 N–H and O–H groups in total. The predicted octanol–water partition coefficient (Wildman–Crippen LogP) is 3.22. The average Bonchev–Trinajstić information content (AvgIpc) is 3.08. The summed E-state index contributed by atoms with van der Waals surface area (Å²) in [4.78, 5) is 9.53. The Bertz CT molecular complexity index is 583.